The van der Waals surface area contributed by atoms with Gasteiger partial charge in [0.2, 0.25) is 0 Å². The monoisotopic (exact) mass is 293 g/mol. The average molecular weight is 293 g/mol. The third-order valence-electron chi connectivity index (χ3n) is 4.05. The molecule has 1 aliphatic rings. The normalized spacial score (nSPS) is 17.3. The van der Waals surface area contributed by atoms with E-state index in [-0.39, 0.29) is 12.1 Å². The first kappa shape index (κ1) is 14.4. The van der Waals surface area contributed by atoms with Gasteiger partial charge in [-0.1, -0.05) is 60.7 Å². The number of methoxy groups -OCH3 is 1. The summed E-state index contributed by atoms with van der Waals surface area (Å²) in [6.07, 6.45) is 1.86. The maximum atomic E-state index is 12.3. The summed E-state index contributed by atoms with van der Waals surface area (Å²) in [5.41, 5.74) is 4.51. The number of ether oxygens (including phenoxy) is 1. The number of benzene rings is 2. The van der Waals surface area contributed by atoms with Crippen LogP contribution in [0.15, 0.2) is 60.2 Å². The molecule has 0 bridgehead atoms. The lowest BCUT2D eigenvalue weighted by Gasteiger charge is -2.30. The van der Waals surface area contributed by atoms with Crippen LogP contribution in [0.2, 0.25) is 0 Å². The van der Waals surface area contributed by atoms with Crippen LogP contribution in [0.3, 0.4) is 0 Å². The van der Waals surface area contributed by atoms with E-state index in [0.29, 0.717) is 6.54 Å². The van der Waals surface area contributed by atoms with E-state index in [1.165, 1.54) is 7.11 Å². The zero-order valence-corrected chi connectivity index (χ0v) is 12.8. The van der Waals surface area contributed by atoms with Gasteiger partial charge in [-0.15, -0.1) is 0 Å². The van der Waals surface area contributed by atoms with Crippen molar-refractivity contribution in [2.45, 2.75) is 19.5 Å². The molecule has 0 aromatic heterocycles. The minimum absolute atomic E-state index is 0.110. The Morgan fingerprint density at radius 3 is 2.50 bits per heavy atom. The summed E-state index contributed by atoms with van der Waals surface area (Å²) in [4.78, 5) is 14.1. The number of rotatable bonds is 1. The molecule has 0 saturated carbocycles. The van der Waals surface area contributed by atoms with Crippen LogP contribution in [0.5, 0.6) is 0 Å². The smallest absolute Gasteiger partial charge is 0.410 e. The van der Waals surface area contributed by atoms with Crippen molar-refractivity contribution in [3.63, 3.8) is 0 Å². The van der Waals surface area contributed by atoms with Crippen molar-refractivity contribution in [1.29, 1.82) is 0 Å². The standard InChI is InChI=1S/C19H19NO2/c1-14-12-16-10-6-7-11-17(16)13-20(19(21)22-2)18(14)15-8-4-3-5-9-15/h3-12,18H,13H2,1-2H3. The third-order valence-corrected chi connectivity index (χ3v) is 4.05. The fourth-order valence-electron chi connectivity index (χ4n) is 3.03. The summed E-state index contributed by atoms with van der Waals surface area (Å²) < 4.78 is 5.02. The molecule has 2 aromatic carbocycles. The molecule has 3 heteroatoms. The molecule has 0 fully saturated rings. The predicted octanol–water partition coefficient (Wildman–Crippen LogP) is 4.41. The van der Waals surface area contributed by atoms with Gasteiger partial charge in [0.05, 0.1) is 19.7 Å². The van der Waals surface area contributed by atoms with Gasteiger partial charge in [-0.25, -0.2) is 4.79 Å². The van der Waals surface area contributed by atoms with Gasteiger partial charge in [0.1, 0.15) is 0 Å². The maximum absolute atomic E-state index is 12.3. The van der Waals surface area contributed by atoms with Gasteiger partial charge in [0.15, 0.2) is 0 Å². The maximum Gasteiger partial charge on any atom is 0.410 e. The molecule has 3 nitrogen and oxygen atoms in total. The molecular formula is C19H19NO2. The molecule has 0 radical (unpaired) electrons. The first-order chi connectivity index (χ1) is 10.7. The Hall–Kier alpha value is -2.55. The molecule has 2 aromatic rings. The Labute approximate surface area is 130 Å². The van der Waals surface area contributed by atoms with Crippen LogP contribution < -0.4 is 0 Å². The van der Waals surface area contributed by atoms with Gasteiger partial charge in [0.25, 0.3) is 0 Å². The summed E-state index contributed by atoms with van der Waals surface area (Å²) in [7, 11) is 1.43. The molecule has 0 spiro atoms. The Morgan fingerprint density at radius 2 is 1.77 bits per heavy atom. The van der Waals surface area contributed by atoms with Gasteiger partial charge in [0, 0.05) is 0 Å². The van der Waals surface area contributed by atoms with Crippen LogP contribution in [-0.4, -0.2) is 18.1 Å². The van der Waals surface area contributed by atoms with Gasteiger partial charge < -0.3 is 4.74 Å². The van der Waals surface area contributed by atoms with Crippen molar-refractivity contribution < 1.29 is 9.53 Å². The minimum Gasteiger partial charge on any atom is -0.453 e. The number of amides is 1. The van der Waals surface area contributed by atoms with E-state index < -0.39 is 0 Å². The second kappa shape index (κ2) is 6.06. The highest BCUT2D eigenvalue weighted by molar-refractivity contribution is 5.71. The van der Waals surface area contributed by atoms with Crippen LogP contribution in [0.25, 0.3) is 6.08 Å². The summed E-state index contributed by atoms with van der Waals surface area (Å²) >= 11 is 0. The number of nitrogens with zero attached hydrogens (tertiary/aromatic N) is 1. The van der Waals surface area contributed by atoms with Crippen molar-refractivity contribution in [2.75, 3.05) is 7.11 Å². The van der Waals surface area contributed by atoms with Crippen molar-refractivity contribution in [3.05, 3.63) is 76.9 Å². The lowest BCUT2D eigenvalue weighted by Crippen LogP contribution is -2.34. The molecule has 1 aliphatic heterocycles. The van der Waals surface area contributed by atoms with Crippen LogP contribution in [0.1, 0.15) is 29.7 Å². The van der Waals surface area contributed by atoms with Crippen LogP contribution >= 0.6 is 0 Å². The number of carbonyl (C=O) groups is 1. The summed E-state index contributed by atoms with van der Waals surface area (Å²) in [6.45, 7) is 2.60. The highest BCUT2D eigenvalue weighted by Crippen LogP contribution is 2.35. The van der Waals surface area contributed by atoms with Crippen molar-refractivity contribution in [3.8, 4) is 0 Å². The highest BCUT2D eigenvalue weighted by Gasteiger charge is 2.29. The molecular weight excluding hydrogens is 274 g/mol. The van der Waals surface area contributed by atoms with E-state index in [0.717, 1.165) is 22.3 Å². The van der Waals surface area contributed by atoms with Gasteiger partial charge in [-0.2, -0.15) is 0 Å². The Morgan fingerprint density at radius 1 is 1.09 bits per heavy atom. The molecule has 1 heterocycles. The van der Waals surface area contributed by atoms with Gasteiger partial charge >= 0.3 is 6.09 Å². The second-order valence-corrected chi connectivity index (χ2v) is 5.50. The summed E-state index contributed by atoms with van der Waals surface area (Å²) in [6, 6.07) is 18.1. The molecule has 0 N–H and O–H groups in total. The fraction of sp³-hybridized carbons (Fsp3) is 0.211. The number of hydrogen-bond acceptors (Lipinski definition) is 2. The van der Waals surface area contributed by atoms with Gasteiger partial charge in [-0.3, -0.25) is 4.90 Å². The Balaban J connectivity index is 2.12. The molecule has 22 heavy (non-hydrogen) atoms. The molecule has 0 saturated heterocycles. The second-order valence-electron chi connectivity index (χ2n) is 5.50. The summed E-state index contributed by atoms with van der Waals surface area (Å²) in [5.74, 6) is 0. The Bertz CT molecular complexity index is 706. The van der Waals surface area contributed by atoms with Gasteiger partial charge in [-0.05, 0) is 29.2 Å². The topological polar surface area (TPSA) is 29.5 Å². The van der Waals surface area contributed by atoms with Crippen molar-refractivity contribution in [2.24, 2.45) is 0 Å². The average Bonchev–Trinajstić information content (AvgIpc) is 2.70. The van der Waals surface area contributed by atoms with E-state index in [2.05, 4.69) is 25.1 Å². The Kier molecular flexibility index (Phi) is 3.96. The fourth-order valence-corrected chi connectivity index (χ4v) is 3.03. The highest BCUT2D eigenvalue weighted by atomic mass is 16.5. The van der Waals surface area contributed by atoms with Crippen LogP contribution in [0.4, 0.5) is 4.79 Å². The lowest BCUT2D eigenvalue weighted by molar-refractivity contribution is 0.108. The first-order valence-electron chi connectivity index (χ1n) is 7.36. The summed E-state index contributed by atoms with van der Waals surface area (Å²) in [5, 5.41) is 0. The first-order valence-corrected chi connectivity index (χ1v) is 7.36. The largest absolute Gasteiger partial charge is 0.453 e. The quantitative estimate of drug-likeness (QED) is 0.779. The zero-order chi connectivity index (χ0) is 15.5. The molecule has 3 rings (SSSR count). The van der Waals surface area contributed by atoms with E-state index >= 15 is 0 Å². The predicted molar refractivity (Wildman–Crippen MR) is 87.2 cm³/mol. The van der Waals surface area contributed by atoms with Crippen molar-refractivity contribution in [1.82, 2.24) is 4.90 Å². The van der Waals surface area contributed by atoms with E-state index in [1.807, 2.05) is 42.5 Å². The number of fused-ring (bicyclic) bond motifs is 1. The van der Waals surface area contributed by atoms with E-state index in [9.17, 15) is 4.79 Å². The zero-order valence-electron chi connectivity index (χ0n) is 12.8. The SMILES string of the molecule is COC(=O)N1Cc2ccccc2C=C(C)C1c1ccccc1. The molecule has 1 atom stereocenters. The van der Waals surface area contributed by atoms with Crippen LogP contribution in [-0.2, 0) is 11.3 Å². The third kappa shape index (κ3) is 2.62. The minimum atomic E-state index is -0.307. The lowest BCUT2D eigenvalue weighted by atomic mass is 9.98. The number of carbonyl (C=O) groups excluding carboxylic acids is 1. The van der Waals surface area contributed by atoms with Crippen LogP contribution in [0, 0.1) is 0 Å². The molecule has 0 aliphatic carbocycles. The molecule has 1 amide bonds. The molecule has 112 valence electrons. The molecule has 1 unspecified atom stereocenters. The van der Waals surface area contributed by atoms with Crippen molar-refractivity contribution >= 4 is 12.2 Å². The van der Waals surface area contributed by atoms with E-state index in [4.69, 9.17) is 4.74 Å². The number of hydrogen-bond donors (Lipinski definition) is 0. The van der Waals surface area contributed by atoms with E-state index in [1.54, 1.807) is 4.90 Å².